The van der Waals surface area contributed by atoms with Crippen LogP contribution >= 0.6 is 15.9 Å². The van der Waals surface area contributed by atoms with Gasteiger partial charge < -0.3 is 4.74 Å². The fraction of sp³-hybridized carbons (Fsp3) is 0.0667. The maximum absolute atomic E-state index is 13.5. The predicted octanol–water partition coefficient (Wildman–Crippen LogP) is 2.67. The number of benzene rings is 2. The average molecular weight is 367 g/mol. The smallest absolute Gasteiger partial charge is 0.270 e. The number of hydrogen-bond acceptors (Lipinski definition) is 3. The molecule has 0 saturated carbocycles. The number of nitrogens with one attached hydrogen (secondary N) is 2. The second kappa shape index (κ2) is 7.04. The molecule has 114 valence electrons. The Morgan fingerprint density at radius 1 is 1.09 bits per heavy atom. The Morgan fingerprint density at radius 2 is 1.77 bits per heavy atom. The molecule has 2 rings (SSSR count). The highest BCUT2D eigenvalue weighted by atomic mass is 79.9. The summed E-state index contributed by atoms with van der Waals surface area (Å²) in [5, 5.41) is 0. The maximum atomic E-state index is 13.5. The summed E-state index contributed by atoms with van der Waals surface area (Å²) in [6.07, 6.45) is 0. The molecule has 0 aliphatic rings. The zero-order chi connectivity index (χ0) is 16.1. The summed E-state index contributed by atoms with van der Waals surface area (Å²) in [7, 11) is 1.33. The van der Waals surface area contributed by atoms with Crippen molar-refractivity contribution in [3.63, 3.8) is 0 Å². The van der Waals surface area contributed by atoms with E-state index >= 15 is 0 Å². The van der Waals surface area contributed by atoms with E-state index in [-0.39, 0.29) is 11.3 Å². The number of hydrogen-bond donors (Lipinski definition) is 2. The van der Waals surface area contributed by atoms with Crippen LogP contribution in [0.2, 0.25) is 0 Å². The molecule has 0 saturated heterocycles. The Morgan fingerprint density at radius 3 is 2.41 bits per heavy atom. The van der Waals surface area contributed by atoms with Crippen LogP contribution in [-0.4, -0.2) is 18.9 Å². The fourth-order valence-electron chi connectivity index (χ4n) is 1.71. The van der Waals surface area contributed by atoms with E-state index in [1.165, 1.54) is 19.2 Å². The number of amides is 2. The lowest BCUT2D eigenvalue weighted by Gasteiger charge is -2.09. The van der Waals surface area contributed by atoms with Gasteiger partial charge in [-0.25, -0.2) is 4.39 Å². The highest BCUT2D eigenvalue weighted by Gasteiger charge is 2.13. The van der Waals surface area contributed by atoms with E-state index in [4.69, 9.17) is 4.74 Å². The Hall–Kier alpha value is -2.41. The molecule has 0 aliphatic heterocycles. The lowest BCUT2D eigenvalue weighted by Crippen LogP contribution is -2.41. The van der Waals surface area contributed by atoms with E-state index in [0.29, 0.717) is 10.0 Å². The van der Waals surface area contributed by atoms with Crippen LogP contribution in [0.15, 0.2) is 46.9 Å². The third kappa shape index (κ3) is 3.62. The molecular formula is C15H12BrFN2O3. The molecule has 0 spiro atoms. The standard InChI is InChI=1S/C15H12BrFN2O3/c1-22-13-7-6-9(8-12(13)17)14(20)18-19-15(21)10-4-2-3-5-11(10)16/h2-8H,1H3,(H,18,20)(H,19,21). The first kappa shape index (κ1) is 16.0. The van der Waals surface area contributed by atoms with E-state index in [1.54, 1.807) is 24.3 Å². The van der Waals surface area contributed by atoms with Gasteiger partial charge in [-0.15, -0.1) is 0 Å². The minimum Gasteiger partial charge on any atom is -0.494 e. The Bertz CT molecular complexity index is 722. The minimum atomic E-state index is -0.660. The molecule has 2 aromatic carbocycles. The first-order valence-corrected chi connectivity index (χ1v) is 7.01. The molecule has 0 aromatic heterocycles. The van der Waals surface area contributed by atoms with Gasteiger partial charge in [0.1, 0.15) is 0 Å². The SMILES string of the molecule is COc1ccc(C(=O)NNC(=O)c2ccccc2Br)cc1F. The Labute approximate surface area is 134 Å². The highest BCUT2D eigenvalue weighted by molar-refractivity contribution is 9.10. The van der Waals surface area contributed by atoms with Crippen LogP contribution in [0.1, 0.15) is 20.7 Å². The number of ether oxygens (including phenoxy) is 1. The molecular weight excluding hydrogens is 355 g/mol. The van der Waals surface area contributed by atoms with Crippen LogP contribution in [0.3, 0.4) is 0 Å². The Balaban J connectivity index is 2.02. The van der Waals surface area contributed by atoms with E-state index in [0.717, 1.165) is 6.07 Å². The zero-order valence-electron chi connectivity index (χ0n) is 11.5. The summed E-state index contributed by atoms with van der Waals surface area (Å²) in [5.41, 5.74) is 4.91. The van der Waals surface area contributed by atoms with Crippen molar-refractivity contribution < 1.29 is 18.7 Å². The van der Waals surface area contributed by atoms with Crippen LogP contribution in [0.5, 0.6) is 5.75 Å². The second-order valence-corrected chi connectivity index (χ2v) is 5.09. The number of carbonyl (C=O) groups is 2. The molecule has 0 fully saturated rings. The molecule has 0 atom stereocenters. The van der Waals surface area contributed by atoms with Gasteiger partial charge in [0.05, 0.1) is 12.7 Å². The number of halogens is 2. The van der Waals surface area contributed by atoms with Gasteiger partial charge in [-0.3, -0.25) is 20.4 Å². The Kier molecular flexibility index (Phi) is 5.11. The maximum Gasteiger partial charge on any atom is 0.270 e. The van der Waals surface area contributed by atoms with E-state index in [2.05, 4.69) is 26.8 Å². The summed E-state index contributed by atoms with van der Waals surface area (Å²) in [6, 6.07) is 10.5. The normalized spacial score (nSPS) is 9.95. The van der Waals surface area contributed by atoms with E-state index in [1.807, 2.05) is 0 Å². The zero-order valence-corrected chi connectivity index (χ0v) is 13.1. The van der Waals surface area contributed by atoms with Crippen molar-refractivity contribution in [3.05, 3.63) is 63.9 Å². The largest absolute Gasteiger partial charge is 0.494 e. The molecule has 7 heteroatoms. The third-order valence-electron chi connectivity index (χ3n) is 2.82. The van der Waals surface area contributed by atoms with Crippen molar-refractivity contribution in [2.45, 2.75) is 0 Å². The molecule has 0 aliphatic carbocycles. The van der Waals surface area contributed by atoms with Gasteiger partial charge in [-0.1, -0.05) is 12.1 Å². The summed E-state index contributed by atoms with van der Waals surface area (Å²) in [5.74, 6) is -1.75. The first-order chi connectivity index (χ1) is 10.5. The van der Waals surface area contributed by atoms with Gasteiger partial charge in [0.15, 0.2) is 11.6 Å². The van der Waals surface area contributed by atoms with Crippen molar-refractivity contribution >= 4 is 27.7 Å². The van der Waals surface area contributed by atoms with Crippen LogP contribution in [0.4, 0.5) is 4.39 Å². The van der Waals surface area contributed by atoms with Crippen LogP contribution in [0.25, 0.3) is 0 Å². The topological polar surface area (TPSA) is 67.4 Å². The van der Waals surface area contributed by atoms with Crippen molar-refractivity contribution in [2.75, 3.05) is 7.11 Å². The number of carbonyl (C=O) groups excluding carboxylic acids is 2. The van der Waals surface area contributed by atoms with Crippen molar-refractivity contribution in [2.24, 2.45) is 0 Å². The summed E-state index contributed by atoms with van der Waals surface area (Å²) in [4.78, 5) is 23.8. The summed E-state index contributed by atoms with van der Waals surface area (Å²) >= 11 is 3.24. The van der Waals surface area contributed by atoms with Gasteiger partial charge in [0, 0.05) is 10.0 Å². The van der Waals surface area contributed by atoms with Crippen LogP contribution < -0.4 is 15.6 Å². The summed E-state index contributed by atoms with van der Waals surface area (Å²) in [6.45, 7) is 0. The molecule has 0 unspecified atom stereocenters. The van der Waals surface area contributed by atoms with Gasteiger partial charge in [-0.2, -0.15) is 0 Å². The van der Waals surface area contributed by atoms with Crippen molar-refractivity contribution in [3.8, 4) is 5.75 Å². The van der Waals surface area contributed by atoms with E-state index in [9.17, 15) is 14.0 Å². The van der Waals surface area contributed by atoms with Crippen LogP contribution in [-0.2, 0) is 0 Å². The molecule has 2 aromatic rings. The number of rotatable bonds is 3. The van der Waals surface area contributed by atoms with Crippen molar-refractivity contribution in [1.29, 1.82) is 0 Å². The highest BCUT2D eigenvalue weighted by Crippen LogP contribution is 2.17. The third-order valence-corrected chi connectivity index (χ3v) is 3.51. The van der Waals surface area contributed by atoms with E-state index < -0.39 is 17.6 Å². The molecule has 0 bridgehead atoms. The fourth-order valence-corrected chi connectivity index (χ4v) is 2.17. The predicted molar refractivity (Wildman–Crippen MR) is 82.0 cm³/mol. The van der Waals surface area contributed by atoms with Gasteiger partial charge in [0.2, 0.25) is 0 Å². The molecule has 2 N–H and O–H groups in total. The number of methoxy groups -OCH3 is 1. The van der Waals surface area contributed by atoms with Crippen molar-refractivity contribution in [1.82, 2.24) is 10.9 Å². The summed E-state index contributed by atoms with van der Waals surface area (Å²) < 4.78 is 18.9. The monoisotopic (exact) mass is 366 g/mol. The van der Waals surface area contributed by atoms with Gasteiger partial charge >= 0.3 is 0 Å². The van der Waals surface area contributed by atoms with Gasteiger partial charge in [-0.05, 0) is 46.3 Å². The number of hydrazine groups is 1. The van der Waals surface area contributed by atoms with Crippen LogP contribution in [0, 0.1) is 5.82 Å². The first-order valence-electron chi connectivity index (χ1n) is 6.21. The second-order valence-electron chi connectivity index (χ2n) is 4.24. The lowest BCUT2D eigenvalue weighted by molar-refractivity contribution is 0.0846. The molecule has 0 radical (unpaired) electrons. The minimum absolute atomic E-state index is 0.0359. The molecule has 2 amide bonds. The molecule has 0 heterocycles. The quantitative estimate of drug-likeness (QED) is 0.820. The average Bonchev–Trinajstić information content (AvgIpc) is 2.52. The lowest BCUT2D eigenvalue weighted by atomic mass is 10.2. The molecule has 5 nitrogen and oxygen atoms in total. The molecule has 22 heavy (non-hydrogen) atoms. The van der Waals surface area contributed by atoms with Gasteiger partial charge in [0.25, 0.3) is 11.8 Å².